The van der Waals surface area contributed by atoms with Crippen LogP contribution in [0.15, 0.2) is 84.9 Å². The third-order valence-corrected chi connectivity index (χ3v) is 7.07. The van der Waals surface area contributed by atoms with Crippen LogP contribution in [0.3, 0.4) is 0 Å². The lowest BCUT2D eigenvalue weighted by Gasteiger charge is -2.32. The predicted molar refractivity (Wildman–Crippen MR) is 146 cm³/mol. The first-order chi connectivity index (χ1) is 17.0. The van der Waals surface area contributed by atoms with Crippen LogP contribution in [-0.2, 0) is 28.3 Å². The molecule has 35 heavy (non-hydrogen) atoms. The average molecular weight is 489 g/mol. The number of benzene rings is 3. The first-order valence-corrected chi connectivity index (χ1v) is 13.4. The van der Waals surface area contributed by atoms with Crippen LogP contribution in [-0.4, -0.2) is 34.6 Å². The van der Waals surface area contributed by atoms with Crippen LogP contribution in [0.2, 0.25) is 0 Å². The predicted octanol–water partition coefficient (Wildman–Crippen LogP) is 5.78. The second-order valence-electron chi connectivity index (χ2n) is 9.01. The van der Waals surface area contributed by atoms with Crippen LogP contribution >= 0.6 is 11.8 Å². The van der Waals surface area contributed by atoms with E-state index in [4.69, 9.17) is 0 Å². The highest BCUT2D eigenvalue weighted by Gasteiger charge is 2.30. The molecule has 0 fully saturated rings. The largest absolute Gasteiger partial charge is 0.352 e. The number of nitrogens with zero attached hydrogens (tertiary/aromatic N) is 1. The smallest absolute Gasteiger partial charge is 0.243 e. The fourth-order valence-corrected chi connectivity index (χ4v) is 4.67. The molecule has 0 saturated heterocycles. The molecular formula is C30H36N2O2S. The van der Waals surface area contributed by atoms with Crippen molar-refractivity contribution in [3.8, 4) is 0 Å². The molecule has 3 rings (SSSR count). The number of thioether (sulfide) groups is 1. The molecule has 2 amide bonds. The van der Waals surface area contributed by atoms with Gasteiger partial charge in [-0.15, -0.1) is 11.8 Å². The van der Waals surface area contributed by atoms with Crippen LogP contribution in [0.4, 0.5) is 0 Å². The van der Waals surface area contributed by atoms with Gasteiger partial charge in [0.1, 0.15) is 6.04 Å². The molecule has 4 nitrogen and oxygen atoms in total. The lowest BCUT2D eigenvalue weighted by molar-refractivity contribution is -0.139. The molecule has 2 atom stereocenters. The van der Waals surface area contributed by atoms with E-state index in [-0.39, 0.29) is 17.9 Å². The quantitative estimate of drug-likeness (QED) is 0.351. The molecule has 0 aliphatic heterocycles. The van der Waals surface area contributed by atoms with E-state index in [1.807, 2.05) is 74.5 Å². The molecule has 0 radical (unpaired) electrons. The molecule has 1 N–H and O–H groups in total. The zero-order chi connectivity index (χ0) is 25.0. The fraction of sp³-hybridized carbons (Fsp3) is 0.333. The Morgan fingerprint density at radius 2 is 1.46 bits per heavy atom. The van der Waals surface area contributed by atoms with E-state index >= 15 is 0 Å². The van der Waals surface area contributed by atoms with Crippen LogP contribution in [0.25, 0.3) is 0 Å². The lowest BCUT2D eigenvalue weighted by atomic mass is 10.0. The maximum atomic E-state index is 13.6. The van der Waals surface area contributed by atoms with Gasteiger partial charge in [-0.3, -0.25) is 9.59 Å². The molecule has 3 aromatic rings. The first-order valence-electron chi connectivity index (χ1n) is 12.3. The number of amides is 2. The Balaban J connectivity index is 1.82. The summed E-state index contributed by atoms with van der Waals surface area (Å²) in [7, 11) is 0. The second kappa shape index (κ2) is 13.7. The van der Waals surface area contributed by atoms with Crippen LogP contribution in [0.5, 0.6) is 0 Å². The summed E-state index contributed by atoms with van der Waals surface area (Å²) in [6.45, 7) is 6.51. The molecular weight excluding hydrogens is 452 g/mol. The summed E-state index contributed by atoms with van der Waals surface area (Å²) >= 11 is 1.59. The van der Waals surface area contributed by atoms with Crippen molar-refractivity contribution in [3.05, 3.63) is 107 Å². The maximum Gasteiger partial charge on any atom is 0.243 e. The third-order valence-electron chi connectivity index (χ3n) is 6.08. The van der Waals surface area contributed by atoms with Crippen molar-refractivity contribution in [3.63, 3.8) is 0 Å². The first kappa shape index (κ1) is 26.6. The summed E-state index contributed by atoms with van der Waals surface area (Å²) in [5.74, 6) is 0.957. The minimum Gasteiger partial charge on any atom is -0.352 e. The zero-order valence-corrected chi connectivity index (χ0v) is 21.8. The van der Waals surface area contributed by atoms with Crippen molar-refractivity contribution in [2.75, 3.05) is 5.75 Å². The van der Waals surface area contributed by atoms with Crippen molar-refractivity contribution in [2.45, 2.75) is 58.0 Å². The summed E-state index contributed by atoms with van der Waals surface area (Å²) in [5.41, 5.74) is 4.46. The number of carbonyl (C=O) groups excluding carboxylic acids is 2. The Morgan fingerprint density at radius 1 is 0.857 bits per heavy atom. The Kier molecular flexibility index (Phi) is 10.4. The Labute approximate surface area is 214 Å². The summed E-state index contributed by atoms with van der Waals surface area (Å²) < 4.78 is 0. The topological polar surface area (TPSA) is 49.4 Å². The van der Waals surface area contributed by atoms with Gasteiger partial charge in [-0.05, 0) is 37.0 Å². The molecule has 0 aliphatic carbocycles. The van der Waals surface area contributed by atoms with Gasteiger partial charge in [-0.2, -0.15) is 0 Å². The van der Waals surface area contributed by atoms with Crippen molar-refractivity contribution in [1.82, 2.24) is 10.2 Å². The van der Waals surface area contributed by atoms with Gasteiger partial charge in [0.15, 0.2) is 0 Å². The van der Waals surface area contributed by atoms with Crippen LogP contribution in [0.1, 0.15) is 42.5 Å². The molecule has 0 saturated carbocycles. The number of carbonyl (C=O) groups is 2. The third kappa shape index (κ3) is 8.59. The average Bonchev–Trinajstić information content (AvgIpc) is 2.88. The van der Waals surface area contributed by atoms with Gasteiger partial charge in [0.2, 0.25) is 11.8 Å². The highest BCUT2D eigenvalue weighted by molar-refractivity contribution is 7.99. The van der Waals surface area contributed by atoms with Gasteiger partial charge >= 0.3 is 0 Å². The van der Waals surface area contributed by atoms with E-state index in [0.717, 1.165) is 23.3 Å². The van der Waals surface area contributed by atoms with Crippen molar-refractivity contribution < 1.29 is 9.59 Å². The molecule has 0 aliphatic rings. The molecule has 0 bridgehead atoms. The Hall–Kier alpha value is -3.05. The van der Waals surface area contributed by atoms with Gasteiger partial charge < -0.3 is 10.2 Å². The van der Waals surface area contributed by atoms with Gasteiger partial charge in [0.05, 0.1) is 5.75 Å². The number of hydrogen-bond acceptors (Lipinski definition) is 3. The molecule has 0 aromatic heterocycles. The monoisotopic (exact) mass is 488 g/mol. The second-order valence-corrected chi connectivity index (χ2v) is 9.99. The normalized spacial score (nSPS) is 12.5. The summed E-state index contributed by atoms with van der Waals surface area (Å²) in [6, 6.07) is 27.7. The minimum atomic E-state index is -0.584. The minimum absolute atomic E-state index is 0.0220. The van der Waals surface area contributed by atoms with Crippen LogP contribution < -0.4 is 5.32 Å². The maximum absolute atomic E-state index is 13.6. The van der Waals surface area contributed by atoms with Crippen molar-refractivity contribution in [2.24, 2.45) is 0 Å². The van der Waals surface area contributed by atoms with E-state index in [1.54, 1.807) is 16.7 Å². The van der Waals surface area contributed by atoms with Gasteiger partial charge in [-0.25, -0.2) is 0 Å². The molecule has 0 spiro atoms. The number of nitrogens with one attached hydrogen (secondary N) is 1. The number of rotatable bonds is 12. The van der Waals surface area contributed by atoms with E-state index in [9.17, 15) is 9.59 Å². The molecule has 0 heterocycles. The van der Waals surface area contributed by atoms with Gasteiger partial charge in [0.25, 0.3) is 0 Å². The highest BCUT2D eigenvalue weighted by Crippen LogP contribution is 2.19. The Bertz CT molecular complexity index is 1050. The number of hydrogen-bond donors (Lipinski definition) is 1. The summed E-state index contributed by atoms with van der Waals surface area (Å²) in [5, 5.41) is 3.12. The molecule has 0 unspecified atom stereocenters. The molecule has 5 heteroatoms. The lowest BCUT2D eigenvalue weighted by Crippen LogP contribution is -2.52. The van der Waals surface area contributed by atoms with Gasteiger partial charge in [0, 0.05) is 24.8 Å². The highest BCUT2D eigenvalue weighted by atomic mass is 32.2. The van der Waals surface area contributed by atoms with E-state index in [0.29, 0.717) is 18.7 Å². The molecule has 184 valence electrons. The Morgan fingerprint density at radius 3 is 2.06 bits per heavy atom. The van der Waals surface area contributed by atoms with Crippen molar-refractivity contribution >= 4 is 23.6 Å². The fourth-order valence-electron chi connectivity index (χ4n) is 3.80. The summed E-state index contributed by atoms with van der Waals surface area (Å²) in [6.07, 6.45) is 1.31. The van der Waals surface area contributed by atoms with Crippen molar-refractivity contribution in [1.29, 1.82) is 0 Å². The standard InChI is InChI=1S/C30H36N2O2S/c1-4-24(3)31-30(34)28(19-25-11-7-5-8-12-25)32(20-26-13-9-6-10-14-26)29(33)22-35-21-27-17-15-23(2)16-18-27/h5-18,24,28H,4,19-22H2,1-3H3,(H,31,34)/t24-,28-/m0/s1. The number of aryl methyl sites for hydroxylation is 1. The summed E-state index contributed by atoms with van der Waals surface area (Å²) in [4.78, 5) is 28.8. The van der Waals surface area contributed by atoms with E-state index in [2.05, 4.69) is 36.5 Å². The van der Waals surface area contributed by atoms with Crippen LogP contribution in [0, 0.1) is 6.92 Å². The SMILES string of the molecule is CC[C@H](C)NC(=O)[C@H](Cc1ccccc1)N(Cc1ccccc1)C(=O)CSCc1ccc(C)cc1. The van der Waals surface area contributed by atoms with E-state index in [1.165, 1.54) is 11.1 Å². The molecule has 3 aromatic carbocycles. The zero-order valence-electron chi connectivity index (χ0n) is 20.9. The van der Waals surface area contributed by atoms with E-state index < -0.39 is 6.04 Å². The van der Waals surface area contributed by atoms with Gasteiger partial charge in [-0.1, -0.05) is 97.4 Å².